The van der Waals surface area contributed by atoms with Gasteiger partial charge in [-0.15, -0.1) is 0 Å². The molecule has 7 heterocycles. The number of piperazine rings is 1. The minimum atomic E-state index is -0.675. The van der Waals surface area contributed by atoms with Crippen molar-refractivity contribution in [2.45, 2.75) is 93.8 Å². The Bertz CT molecular complexity index is 1600. The Morgan fingerprint density at radius 2 is 1.81 bits per heavy atom. The van der Waals surface area contributed by atoms with E-state index in [0.717, 1.165) is 69.3 Å². The van der Waals surface area contributed by atoms with Gasteiger partial charge >= 0.3 is 0 Å². The smallest absolute Gasteiger partial charge is 0.168 e. The third kappa shape index (κ3) is 5.43. The maximum absolute atomic E-state index is 14.8. The number of halogens is 2. The summed E-state index contributed by atoms with van der Waals surface area (Å²) in [5.74, 6) is 0.898. The van der Waals surface area contributed by atoms with E-state index in [1.165, 1.54) is 48.9 Å². The van der Waals surface area contributed by atoms with E-state index in [4.69, 9.17) is 4.98 Å². The van der Waals surface area contributed by atoms with Gasteiger partial charge in [0.25, 0.3) is 0 Å². The van der Waals surface area contributed by atoms with Crippen molar-refractivity contribution in [2.75, 3.05) is 44.7 Å². The molecule has 13 heteroatoms. The number of fused-ring (bicyclic) bond motifs is 6. The number of hydrogen-bond acceptors (Lipinski definition) is 10. The van der Waals surface area contributed by atoms with Gasteiger partial charge < -0.3 is 15.1 Å². The molecule has 5 saturated heterocycles. The molecule has 9 atom stereocenters. The third-order valence-electron chi connectivity index (χ3n) is 12.2. The van der Waals surface area contributed by atoms with Gasteiger partial charge in [-0.25, -0.2) is 28.4 Å². The first-order valence-corrected chi connectivity index (χ1v) is 17.9. The Morgan fingerprint density at radius 1 is 0.915 bits per heavy atom. The molecule has 1 aromatic carbocycles. The molecule has 0 spiro atoms. The number of hydrogen-bond donors (Lipinski definition) is 4. The monoisotopic (exact) mass is 647 g/mol. The SMILES string of the molecule is CN1CCC2NCCN3NC4CCCC(C5CCCC(N5)N[C@H]5C[C@@H](C1)N(c1ncnc6c1cnn6-c1ccc(F)cc1F)C5)C4C23. The van der Waals surface area contributed by atoms with Gasteiger partial charge in [-0.2, -0.15) is 5.10 Å². The van der Waals surface area contributed by atoms with Gasteiger partial charge in [0.1, 0.15) is 23.6 Å². The van der Waals surface area contributed by atoms with Crippen LogP contribution >= 0.6 is 0 Å². The van der Waals surface area contributed by atoms with E-state index in [9.17, 15) is 8.78 Å². The largest absolute Gasteiger partial charge is 0.350 e. The molecule has 47 heavy (non-hydrogen) atoms. The number of benzene rings is 1. The Labute approximate surface area is 274 Å². The molecule has 1 saturated carbocycles. The normalized spacial score (nSPS) is 36.7. The van der Waals surface area contributed by atoms with Crippen molar-refractivity contribution in [1.82, 2.24) is 51.0 Å². The van der Waals surface area contributed by atoms with Crippen molar-refractivity contribution in [3.05, 3.63) is 42.4 Å². The number of rotatable bonds is 2. The van der Waals surface area contributed by atoms with Gasteiger partial charge in [0, 0.05) is 68.5 Å². The summed E-state index contributed by atoms with van der Waals surface area (Å²) in [6.45, 7) is 4.88. The molecule has 4 N–H and O–H groups in total. The topological polar surface area (TPSA) is 101 Å². The third-order valence-corrected chi connectivity index (χ3v) is 12.2. The predicted molar refractivity (Wildman–Crippen MR) is 176 cm³/mol. The first-order valence-electron chi connectivity index (χ1n) is 17.9. The van der Waals surface area contributed by atoms with E-state index in [2.05, 4.69) is 53.3 Å². The number of likely N-dealkylation sites (N-methyl/N-ethyl adjacent to an activating group) is 1. The van der Waals surface area contributed by atoms with E-state index in [1.807, 2.05) is 0 Å². The molecular formula is C34H47F2N11. The quantitative estimate of drug-likeness (QED) is 0.332. The van der Waals surface area contributed by atoms with Gasteiger partial charge in [0.15, 0.2) is 11.5 Å². The van der Waals surface area contributed by atoms with E-state index >= 15 is 0 Å². The van der Waals surface area contributed by atoms with Crippen molar-refractivity contribution >= 4 is 16.9 Å². The second-order valence-electron chi connectivity index (χ2n) is 15.0. The average molecular weight is 648 g/mol. The van der Waals surface area contributed by atoms with Crippen LogP contribution in [0.5, 0.6) is 0 Å². The summed E-state index contributed by atoms with van der Waals surface area (Å²) in [5, 5.41) is 20.1. The van der Waals surface area contributed by atoms with Crippen LogP contribution in [0.2, 0.25) is 0 Å². The van der Waals surface area contributed by atoms with Crippen LogP contribution in [0.1, 0.15) is 51.4 Å². The Kier molecular flexibility index (Phi) is 7.89. The summed E-state index contributed by atoms with van der Waals surface area (Å²) in [6, 6.07) is 6.23. The van der Waals surface area contributed by atoms with Gasteiger partial charge in [-0.3, -0.25) is 16.1 Å². The molecular weight excluding hydrogens is 600 g/mol. The second kappa shape index (κ2) is 12.3. The number of aromatic nitrogens is 4. The lowest BCUT2D eigenvalue weighted by Gasteiger charge is -2.47. The lowest BCUT2D eigenvalue weighted by atomic mass is 9.67. The lowest BCUT2D eigenvalue weighted by Crippen LogP contribution is -2.62. The highest BCUT2D eigenvalue weighted by Crippen LogP contribution is 2.44. The molecule has 6 fully saturated rings. The van der Waals surface area contributed by atoms with Crippen LogP contribution < -0.4 is 26.3 Å². The minimum absolute atomic E-state index is 0.168. The number of anilines is 1. The lowest BCUT2D eigenvalue weighted by molar-refractivity contribution is 0.0602. The van der Waals surface area contributed by atoms with Gasteiger partial charge in [0.05, 0.1) is 17.7 Å². The fourth-order valence-electron chi connectivity index (χ4n) is 10.2. The number of hydrazine groups is 1. The van der Waals surface area contributed by atoms with Gasteiger partial charge in [-0.05, 0) is 82.5 Å². The Hall–Kier alpha value is -2.81. The summed E-state index contributed by atoms with van der Waals surface area (Å²) in [4.78, 5) is 14.2. The molecule has 5 aliphatic heterocycles. The summed E-state index contributed by atoms with van der Waals surface area (Å²) in [7, 11) is 2.26. The highest BCUT2D eigenvalue weighted by atomic mass is 19.1. The van der Waals surface area contributed by atoms with E-state index in [0.29, 0.717) is 53.9 Å². The van der Waals surface area contributed by atoms with E-state index in [-0.39, 0.29) is 11.7 Å². The highest BCUT2D eigenvalue weighted by Gasteiger charge is 2.53. The van der Waals surface area contributed by atoms with Gasteiger partial charge in [-0.1, -0.05) is 6.42 Å². The fraction of sp³-hybridized carbons (Fsp3) is 0.676. The van der Waals surface area contributed by atoms with Crippen LogP contribution in [-0.4, -0.2) is 112 Å². The maximum atomic E-state index is 14.8. The van der Waals surface area contributed by atoms with Crippen molar-refractivity contribution in [1.29, 1.82) is 0 Å². The van der Waals surface area contributed by atoms with Crippen molar-refractivity contribution in [3.63, 3.8) is 0 Å². The molecule has 6 aliphatic rings. The molecule has 0 amide bonds. The molecule has 11 nitrogen and oxygen atoms in total. The Morgan fingerprint density at radius 3 is 2.72 bits per heavy atom. The van der Waals surface area contributed by atoms with Crippen molar-refractivity contribution < 1.29 is 8.78 Å². The van der Waals surface area contributed by atoms with E-state index in [1.54, 1.807) is 12.5 Å². The number of piperidine rings is 1. The first kappa shape index (κ1) is 30.3. The summed E-state index contributed by atoms with van der Waals surface area (Å²) >= 11 is 0. The van der Waals surface area contributed by atoms with Gasteiger partial charge in [0.2, 0.25) is 0 Å². The maximum Gasteiger partial charge on any atom is 0.168 e. The zero-order valence-corrected chi connectivity index (χ0v) is 27.2. The van der Waals surface area contributed by atoms with Crippen LogP contribution in [0, 0.1) is 23.5 Å². The molecule has 0 radical (unpaired) electrons. The molecule has 4 bridgehead atoms. The summed E-state index contributed by atoms with van der Waals surface area (Å²) in [6.07, 6.45) is 13.3. The van der Waals surface area contributed by atoms with Crippen molar-refractivity contribution in [2.24, 2.45) is 11.8 Å². The highest BCUT2D eigenvalue weighted by molar-refractivity contribution is 5.88. The average Bonchev–Trinajstić information content (AvgIpc) is 3.79. The predicted octanol–water partition coefficient (Wildman–Crippen LogP) is 2.38. The van der Waals surface area contributed by atoms with Crippen molar-refractivity contribution in [3.8, 4) is 5.69 Å². The summed E-state index contributed by atoms with van der Waals surface area (Å²) in [5.41, 5.74) is 4.68. The summed E-state index contributed by atoms with van der Waals surface area (Å²) < 4.78 is 30.0. The van der Waals surface area contributed by atoms with Crippen LogP contribution in [-0.2, 0) is 0 Å². The molecule has 9 rings (SSSR count). The second-order valence-corrected chi connectivity index (χ2v) is 15.0. The van der Waals surface area contributed by atoms with Crippen LogP contribution in [0.3, 0.4) is 0 Å². The number of nitrogens with one attached hydrogen (secondary N) is 4. The molecule has 252 valence electrons. The zero-order valence-electron chi connectivity index (χ0n) is 27.2. The van der Waals surface area contributed by atoms with Crippen LogP contribution in [0.4, 0.5) is 14.6 Å². The molecule has 7 unspecified atom stereocenters. The molecule has 1 aliphatic carbocycles. The Balaban J connectivity index is 1.03. The van der Waals surface area contributed by atoms with Crippen LogP contribution in [0.25, 0.3) is 16.7 Å². The first-order chi connectivity index (χ1) is 23.0. The van der Waals surface area contributed by atoms with Crippen LogP contribution in [0.15, 0.2) is 30.7 Å². The fourth-order valence-corrected chi connectivity index (χ4v) is 10.2. The van der Waals surface area contributed by atoms with E-state index < -0.39 is 11.6 Å². The molecule has 3 aromatic rings. The minimum Gasteiger partial charge on any atom is -0.350 e. The number of nitrogens with zero attached hydrogens (tertiary/aromatic N) is 7. The zero-order chi connectivity index (χ0) is 31.6. The standard InChI is InChI=1S/C34H47F2N11/c1-44-12-10-28-32-31-23(4-2-6-27(31)43-46(32)13-11-37-28)26-5-3-7-30(42-26)41-21-15-22(18-44)45(17-21)33-24-16-40-47(34(24)39-19-38-33)29-9-8-20(35)14-25(29)36/h8-9,14,16,19,21-23,26-28,30-32,37,41-43H,2-7,10-13,15,17-18H2,1H3/t21-,22-,23?,26?,27?,28?,30?,31?,32?/m0/s1. The molecule has 2 aromatic heterocycles.